The predicted octanol–water partition coefficient (Wildman–Crippen LogP) is 12.2. The first kappa shape index (κ1) is 26.7. The van der Waals surface area contributed by atoms with Gasteiger partial charge in [-0.3, -0.25) is 4.98 Å². The predicted molar refractivity (Wildman–Crippen MR) is 202 cm³/mol. The van der Waals surface area contributed by atoms with Gasteiger partial charge in [-0.05, 0) is 104 Å². The molecule has 2 aromatic heterocycles. The highest BCUT2D eigenvalue weighted by molar-refractivity contribution is 6.34. The van der Waals surface area contributed by atoms with Crippen molar-refractivity contribution in [1.82, 2.24) is 9.55 Å². The molecule has 2 heterocycles. The molecule has 0 N–H and O–H groups in total. The second-order valence-electron chi connectivity index (χ2n) is 12.4. The molecule has 8 aromatic carbocycles. The summed E-state index contributed by atoms with van der Waals surface area (Å²) in [7, 11) is 0. The van der Waals surface area contributed by atoms with Crippen LogP contribution in [0.5, 0.6) is 0 Å². The molecular weight excluding hydrogens is 583 g/mol. The molecular formula is C45H29N3. The van der Waals surface area contributed by atoms with Gasteiger partial charge in [-0.1, -0.05) is 103 Å². The van der Waals surface area contributed by atoms with Gasteiger partial charge in [0.1, 0.15) is 0 Å². The van der Waals surface area contributed by atoms with E-state index in [1.165, 1.54) is 65.3 Å². The van der Waals surface area contributed by atoms with E-state index < -0.39 is 0 Å². The van der Waals surface area contributed by atoms with Gasteiger partial charge in [0.05, 0.1) is 11.0 Å². The van der Waals surface area contributed by atoms with Gasteiger partial charge >= 0.3 is 0 Å². The average molecular weight is 612 g/mol. The standard InChI is InChI=1S/C45H29N3/c1-4-10-33(11-5-1)47(34-12-6-2-7-13-34)36-21-16-30(17-22-36)37-23-18-31-19-25-39-44-32(20-24-38(37)43(31)44)28-42-45(39)40-29-46-27-26-41(40)48(42)35-14-8-3-9-15-35/h1-29H. The highest BCUT2D eigenvalue weighted by Crippen LogP contribution is 2.45. The van der Waals surface area contributed by atoms with E-state index in [-0.39, 0.29) is 0 Å². The molecule has 0 bridgehead atoms. The Hall–Kier alpha value is -6.45. The average Bonchev–Trinajstić information content (AvgIpc) is 3.49. The lowest BCUT2D eigenvalue weighted by Crippen LogP contribution is -2.09. The number of para-hydroxylation sites is 3. The fourth-order valence-electron chi connectivity index (χ4n) is 7.72. The van der Waals surface area contributed by atoms with E-state index in [2.05, 4.69) is 178 Å². The lowest BCUT2D eigenvalue weighted by atomic mass is 9.88. The van der Waals surface area contributed by atoms with Crippen LogP contribution in [0.25, 0.3) is 70.9 Å². The number of hydrogen-bond donors (Lipinski definition) is 0. The first-order valence-electron chi connectivity index (χ1n) is 16.4. The molecule has 0 amide bonds. The molecule has 224 valence electrons. The minimum absolute atomic E-state index is 1.12. The molecule has 0 unspecified atom stereocenters. The van der Waals surface area contributed by atoms with Gasteiger partial charge in [-0.15, -0.1) is 0 Å². The normalized spacial score (nSPS) is 11.8. The fraction of sp³-hybridized carbons (Fsp3) is 0. The van der Waals surface area contributed by atoms with Crippen LogP contribution in [0.3, 0.4) is 0 Å². The van der Waals surface area contributed by atoms with E-state index in [4.69, 9.17) is 0 Å². The number of fused-ring (bicyclic) bond motifs is 4. The molecule has 48 heavy (non-hydrogen) atoms. The Morgan fingerprint density at radius 3 is 1.77 bits per heavy atom. The Balaban J connectivity index is 1.17. The third kappa shape index (κ3) is 3.98. The molecule has 0 aliphatic carbocycles. The monoisotopic (exact) mass is 611 g/mol. The van der Waals surface area contributed by atoms with E-state index in [0.717, 1.165) is 22.7 Å². The summed E-state index contributed by atoms with van der Waals surface area (Å²) in [6.07, 6.45) is 3.92. The summed E-state index contributed by atoms with van der Waals surface area (Å²) in [5, 5.41) is 10.1. The molecule has 0 saturated carbocycles. The molecule has 0 atom stereocenters. The van der Waals surface area contributed by atoms with Crippen LogP contribution in [0, 0.1) is 0 Å². The highest BCUT2D eigenvalue weighted by Gasteiger charge is 2.20. The van der Waals surface area contributed by atoms with E-state index in [0.29, 0.717) is 0 Å². The summed E-state index contributed by atoms with van der Waals surface area (Å²) >= 11 is 0. The maximum Gasteiger partial charge on any atom is 0.0572 e. The summed E-state index contributed by atoms with van der Waals surface area (Å²) in [5.74, 6) is 0. The van der Waals surface area contributed by atoms with Crippen molar-refractivity contribution in [1.29, 1.82) is 0 Å². The molecule has 0 spiro atoms. The van der Waals surface area contributed by atoms with Gasteiger partial charge in [-0.25, -0.2) is 0 Å². The van der Waals surface area contributed by atoms with Crippen LogP contribution in [0.1, 0.15) is 0 Å². The zero-order valence-electron chi connectivity index (χ0n) is 26.1. The number of benzene rings is 8. The zero-order chi connectivity index (χ0) is 31.6. The van der Waals surface area contributed by atoms with Gasteiger partial charge in [0.15, 0.2) is 0 Å². The number of hydrogen-bond acceptors (Lipinski definition) is 2. The van der Waals surface area contributed by atoms with Crippen molar-refractivity contribution in [3.05, 3.63) is 176 Å². The zero-order valence-corrected chi connectivity index (χ0v) is 26.1. The van der Waals surface area contributed by atoms with Crippen molar-refractivity contribution in [2.24, 2.45) is 0 Å². The molecule has 0 aliphatic rings. The largest absolute Gasteiger partial charge is 0.311 e. The Bertz CT molecular complexity index is 2710. The van der Waals surface area contributed by atoms with Gasteiger partial charge in [0.25, 0.3) is 0 Å². The lowest BCUT2D eigenvalue weighted by molar-refractivity contribution is 1.18. The summed E-state index contributed by atoms with van der Waals surface area (Å²) in [6, 6.07) is 59.1. The van der Waals surface area contributed by atoms with Crippen LogP contribution >= 0.6 is 0 Å². The maximum absolute atomic E-state index is 4.57. The number of pyridine rings is 1. The van der Waals surface area contributed by atoms with E-state index in [1.54, 1.807) is 0 Å². The molecule has 0 saturated heterocycles. The van der Waals surface area contributed by atoms with Crippen LogP contribution in [0.4, 0.5) is 17.1 Å². The molecule has 0 radical (unpaired) electrons. The number of anilines is 3. The van der Waals surface area contributed by atoms with Crippen molar-refractivity contribution in [3.8, 4) is 16.8 Å². The van der Waals surface area contributed by atoms with Crippen molar-refractivity contribution in [2.45, 2.75) is 0 Å². The summed E-state index contributed by atoms with van der Waals surface area (Å²) in [6.45, 7) is 0. The molecule has 0 aliphatic heterocycles. The minimum atomic E-state index is 1.12. The molecule has 10 aromatic rings. The molecule has 3 heteroatoms. The van der Waals surface area contributed by atoms with Gasteiger partial charge in [0, 0.05) is 45.9 Å². The lowest BCUT2D eigenvalue weighted by Gasteiger charge is -2.25. The smallest absolute Gasteiger partial charge is 0.0572 e. The summed E-state index contributed by atoms with van der Waals surface area (Å²) in [4.78, 5) is 6.88. The van der Waals surface area contributed by atoms with E-state index in [1.807, 2.05) is 12.4 Å². The topological polar surface area (TPSA) is 21.1 Å². The quantitative estimate of drug-likeness (QED) is 0.181. The SMILES string of the molecule is c1ccc(N(c2ccccc2)c2ccc(-c3ccc4ccc5c6c(ccc3c46)cc3c5c4cnccc4n3-c3ccccc3)cc2)cc1. The van der Waals surface area contributed by atoms with Gasteiger partial charge in [0.2, 0.25) is 0 Å². The van der Waals surface area contributed by atoms with Gasteiger partial charge in [-0.2, -0.15) is 0 Å². The highest BCUT2D eigenvalue weighted by atomic mass is 15.1. The second-order valence-corrected chi connectivity index (χ2v) is 12.4. The van der Waals surface area contributed by atoms with Crippen LogP contribution < -0.4 is 4.90 Å². The molecule has 10 rings (SSSR count). The minimum Gasteiger partial charge on any atom is -0.311 e. The molecule has 0 fully saturated rings. The van der Waals surface area contributed by atoms with Crippen LogP contribution in [0.15, 0.2) is 176 Å². The number of rotatable bonds is 5. The Morgan fingerprint density at radius 2 is 1.04 bits per heavy atom. The third-order valence-corrected chi connectivity index (χ3v) is 9.79. The Labute approximate surface area is 277 Å². The molecule has 3 nitrogen and oxygen atoms in total. The van der Waals surface area contributed by atoms with Crippen LogP contribution in [-0.4, -0.2) is 9.55 Å². The van der Waals surface area contributed by atoms with E-state index in [9.17, 15) is 0 Å². The summed E-state index contributed by atoms with van der Waals surface area (Å²) in [5.41, 5.74) is 9.36. The van der Waals surface area contributed by atoms with Crippen molar-refractivity contribution in [2.75, 3.05) is 4.90 Å². The summed E-state index contributed by atoms with van der Waals surface area (Å²) < 4.78 is 2.38. The van der Waals surface area contributed by atoms with Crippen molar-refractivity contribution < 1.29 is 0 Å². The Morgan fingerprint density at radius 1 is 0.438 bits per heavy atom. The Kier molecular flexibility index (Phi) is 5.87. The maximum atomic E-state index is 4.57. The number of nitrogens with zero attached hydrogens (tertiary/aromatic N) is 3. The van der Waals surface area contributed by atoms with Crippen molar-refractivity contribution in [3.63, 3.8) is 0 Å². The van der Waals surface area contributed by atoms with Crippen LogP contribution in [-0.2, 0) is 0 Å². The first-order chi connectivity index (χ1) is 23.8. The van der Waals surface area contributed by atoms with Crippen molar-refractivity contribution >= 4 is 71.2 Å². The van der Waals surface area contributed by atoms with Crippen LogP contribution in [0.2, 0.25) is 0 Å². The van der Waals surface area contributed by atoms with E-state index >= 15 is 0 Å². The number of aromatic nitrogens is 2. The third-order valence-electron chi connectivity index (χ3n) is 9.79. The first-order valence-corrected chi connectivity index (χ1v) is 16.4. The van der Waals surface area contributed by atoms with Gasteiger partial charge < -0.3 is 9.47 Å². The fourth-order valence-corrected chi connectivity index (χ4v) is 7.72. The second kappa shape index (κ2) is 10.5.